The quantitative estimate of drug-likeness (QED) is 0.899. The molecule has 2 N–H and O–H groups in total. The molecule has 0 radical (unpaired) electrons. The lowest BCUT2D eigenvalue weighted by Gasteiger charge is -2.29. The summed E-state index contributed by atoms with van der Waals surface area (Å²) in [5.41, 5.74) is 0.961. The van der Waals surface area contributed by atoms with Crippen LogP contribution in [0, 0.1) is 11.8 Å². The molecule has 4 heteroatoms. The topological polar surface area (TPSA) is 50.4 Å². The summed E-state index contributed by atoms with van der Waals surface area (Å²) in [7, 11) is 0. The molecule has 0 saturated heterocycles. The standard InChI is InChI=1S/C17H24N2O2/c1-12-5-4-6-13(9-12)10-19-17(20)16-11-18-14-7-2-3-8-15(14)21-16/h2-3,7-8,12-13,16,18H,4-6,9-11H2,1H3,(H,19,20). The predicted molar refractivity (Wildman–Crippen MR) is 83.5 cm³/mol. The zero-order valence-corrected chi connectivity index (χ0v) is 12.6. The fraction of sp³-hybridized carbons (Fsp3) is 0.588. The number of benzene rings is 1. The van der Waals surface area contributed by atoms with Crippen molar-refractivity contribution in [2.75, 3.05) is 18.4 Å². The monoisotopic (exact) mass is 288 g/mol. The number of hydrogen-bond donors (Lipinski definition) is 2. The molecule has 3 atom stereocenters. The molecule has 1 aromatic rings. The average molecular weight is 288 g/mol. The second-order valence-electron chi connectivity index (χ2n) is 6.37. The highest BCUT2D eigenvalue weighted by Gasteiger charge is 2.26. The van der Waals surface area contributed by atoms with Gasteiger partial charge in [0.2, 0.25) is 0 Å². The first-order chi connectivity index (χ1) is 10.2. The Morgan fingerprint density at radius 2 is 2.24 bits per heavy atom. The fourth-order valence-electron chi connectivity index (χ4n) is 3.36. The average Bonchev–Trinajstić information content (AvgIpc) is 2.52. The van der Waals surface area contributed by atoms with E-state index >= 15 is 0 Å². The van der Waals surface area contributed by atoms with Crippen LogP contribution >= 0.6 is 0 Å². The molecule has 1 aliphatic heterocycles. The van der Waals surface area contributed by atoms with Gasteiger partial charge in [0.15, 0.2) is 6.10 Å². The van der Waals surface area contributed by atoms with Crippen molar-refractivity contribution >= 4 is 11.6 Å². The first-order valence-electron chi connectivity index (χ1n) is 7.99. The van der Waals surface area contributed by atoms with E-state index in [0.29, 0.717) is 12.5 Å². The Kier molecular flexibility index (Phi) is 4.32. The minimum Gasteiger partial charge on any atom is -0.477 e. The van der Waals surface area contributed by atoms with E-state index in [2.05, 4.69) is 17.6 Å². The second-order valence-corrected chi connectivity index (χ2v) is 6.37. The van der Waals surface area contributed by atoms with Crippen molar-refractivity contribution < 1.29 is 9.53 Å². The molecule has 1 heterocycles. The summed E-state index contributed by atoms with van der Waals surface area (Å²) in [5, 5.41) is 6.32. The maximum Gasteiger partial charge on any atom is 0.262 e. The third-order valence-electron chi connectivity index (χ3n) is 4.54. The van der Waals surface area contributed by atoms with Gasteiger partial charge in [-0.2, -0.15) is 0 Å². The van der Waals surface area contributed by atoms with Gasteiger partial charge in [-0.3, -0.25) is 4.79 Å². The van der Waals surface area contributed by atoms with Crippen molar-refractivity contribution in [1.82, 2.24) is 5.32 Å². The summed E-state index contributed by atoms with van der Waals surface area (Å²) >= 11 is 0. The van der Waals surface area contributed by atoms with Crippen LogP contribution in [-0.4, -0.2) is 25.1 Å². The van der Waals surface area contributed by atoms with E-state index in [1.54, 1.807) is 0 Å². The smallest absolute Gasteiger partial charge is 0.262 e. The van der Waals surface area contributed by atoms with Crippen molar-refractivity contribution in [2.45, 2.75) is 38.7 Å². The van der Waals surface area contributed by atoms with E-state index in [0.717, 1.165) is 23.9 Å². The Morgan fingerprint density at radius 1 is 1.38 bits per heavy atom. The number of hydrogen-bond acceptors (Lipinski definition) is 3. The molecule has 114 valence electrons. The number of anilines is 1. The van der Waals surface area contributed by atoms with E-state index in [1.807, 2.05) is 24.3 Å². The van der Waals surface area contributed by atoms with Gasteiger partial charge >= 0.3 is 0 Å². The highest BCUT2D eigenvalue weighted by Crippen LogP contribution is 2.29. The molecule has 1 fully saturated rings. The number of carbonyl (C=O) groups is 1. The van der Waals surface area contributed by atoms with E-state index < -0.39 is 6.10 Å². The van der Waals surface area contributed by atoms with Gasteiger partial charge in [-0.25, -0.2) is 0 Å². The Morgan fingerprint density at radius 3 is 3.10 bits per heavy atom. The summed E-state index contributed by atoms with van der Waals surface area (Å²) in [6.07, 6.45) is 4.65. The number of ether oxygens (including phenoxy) is 1. The molecule has 1 aromatic carbocycles. The summed E-state index contributed by atoms with van der Waals surface area (Å²) in [5.74, 6) is 2.17. The molecular formula is C17H24N2O2. The second kappa shape index (κ2) is 6.37. The van der Waals surface area contributed by atoms with Crippen LogP contribution in [0.4, 0.5) is 5.69 Å². The molecule has 1 amide bonds. The minimum atomic E-state index is -0.430. The van der Waals surface area contributed by atoms with E-state index in [4.69, 9.17) is 4.74 Å². The number of nitrogens with one attached hydrogen (secondary N) is 2. The van der Waals surface area contributed by atoms with Crippen LogP contribution in [-0.2, 0) is 4.79 Å². The number of amides is 1. The summed E-state index contributed by atoms with van der Waals surface area (Å²) in [4.78, 5) is 12.3. The Hall–Kier alpha value is -1.71. The highest BCUT2D eigenvalue weighted by molar-refractivity contribution is 5.83. The van der Waals surface area contributed by atoms with Gasteiger partial charge in [-0.05, 0) is 36.8 Å². The summed E-state index contributed by atoms with van der Waals surface area (Å²) < 4.78 is 5.78. The molecule has 2 aliphatic rings. The van der Waals surface area contributed by atoms with Crippen molar-refractivity contribution in [1.29, 1.82) is 0 Å². The van der Waals surface area contributed by atoms with Crippen molar-refractivity contribution in [3.8, 4) is 5.75 Å². The first kappa shape index (κ1) is 14.2. The van der Waals surface area contributed by atoms with Crippen LogP contribution in [0.2, 0.25) is 0 Å². The number of rotatable bonds is 3. The summed E-state index contributed by atoms with van der Waals surface area (Å²) in [6.45, 7) is 3.62. The molecule has 1 saturated carbocycles. The lowest BCUT2D eigenvalue weighted by atomic mass is 9.82. The molecule has 0 spiro atoms. The van der Waals surface area contributed by atoms with E-state index in [1.165, 1.54) is 25.7 Å². The van der Waals surface area contributed by atoms with Crippen LogP contribution in [0.3, 0.4) is 0 Å². The maximum absolute atomic E-state index is 12.3. The number of fused-ring (bicyclic) bond motifs is 1. The number of carbonyl (C=O) groups excluding carboxylic acids is 1. The molecule has 3 rings (SSSR count). The van der Waals surface area contributed by atoms with Crippen LogP contribution in [0.25, 0.3) is 0 Å². The third-order valence-corrected chi connectivity index (χ3v) is 4.54. The first-order valence-corrected chi connectivity index (χ1v) is 7.99. The lowest BCUT2D eigenvalue weighted by molar-refractivity contribution is -0.127. The molecule has 1 aliphatic carbocycles. The molecule has 4 nitrogen and oxygen atoms in total. The normalized spacial score (nSPS) is 28.0. The van der Waals surface area contributed by atoms with Gasteiger partial charge < -0.3 is 15.4 Å². The SMILES string of the molecule is CC1CCCC(CNC(=O)C2CNc3ccccc3O2)C1. The summed E-state index contributed by atoms with van der Waals surface area (Å²) in [6, 6.07) is 7.74. The molecular weight excluding hydrogens is 264 g/mol. The van der Waals surface area contributed by atoms with Gasteiger partial charge in [0, 0.05) is 6.54 Å². The lowest BCUT2D eigenvalue weighted by Crippen LogP contribution is -2.46. The largest absolute Gasteiger partial charge is 0.477 e. The zero-order chi connectivity index (χ0) is 14.7. The Balaban J connectivity index is 1.50. The predicted octanol–water partition coefficient (Wildman–Crippen LogP) is 2.80. The van der Waals surface area contributed by atoms with Crippen LogP contribution < -0.4 is 15.4 Å². The highest BCUT2D eigenvalue weighted by atomic mass is 16.5. The van der Waals surface area contributed by atoms with Gasteiger partial charge in [0.05, 0.1) is 12.2 Å². The van der Waals surface area contributed by atoms with Crippen LogP contribution in [0.5, 0.6) is 5.75 Å². The van der Waals surface area contributed by atoms with Gasteiger partial charge in [0.1, 0.15) is 5.75 Å². The molecule has 3 unspecified atom stereocenters. The molecule has 21 heavy (non-hydrogen) atoms. The Labute approximate surface area is 126 Å². The zero-order valence-electron chi connectivity index (χ0n) is 12.6. The Bertz CT molecular complexity index is 503. The minimum absolute atomic E-state index is 0.00442. The molecule has 0 bridgehead atoms. The van der Waals surface area contributed by atoms with Gasteiger partial charge in [0.25, 0.3) is 5.91 Å². The van der Waals surface area contributed by atoms with E-state index in [9.17, 15) is 4.79 Å². The van der Waals surface area contributed by atoms with Crippen molar-refractivity contribution in [3.63, 3.8) is 0 Å². The van der Waals surface area contributed by atoms with Crippen LogP contribution in [0.1, 0.15) is 32.6 Å². The van der Waals surface area contributed by atoms with Crippen molar-refractivity contribution in [2.24, 2.45) is 11.8 Å². The molecule has 0 aromatic heterocycles. The maximum atomic E-state index is 12.3. The van der Waals surface area contributed by atoms with Gasteiger partial charge in [-0.1, -0.05) is 31.9 Å². The third kappa shape index (κ3) is 3.49. The van der Waals surface area contributed by atoms with E-state index in [-0.39, 0.29) is 5.91 Å². The number of para-hydroxylation sites is 2. The van der Waals surface area contributed by atoms with Crippen LogP contribution in [0.15, 0.2) is 24.3 Å². The van der Waals surface area contributed by atoms with Crippen molar-refractivity contribution in [3.05, 3.63) is 24.3 Å². The van der Waals surface area contributed by atoms with Gasteiger partial charge in [-0.15, -0.1) is 0 Å². The fourth-order valence-corrected chi connectivity index (χ4v) is 3.36.